The molecule has 0 bridgehead atoms. The summed E-state index contributed by atoms with van der Waals surface area (Å²) in [6.45, 7) is 12.2. The summed E-state index contributed by atoms with van der Waals surface area (Å²) in [7, 11) is 0. The standard InChI is InChI=1S/C16H23NS2/c1-6-17-15(12-10-18-9-11(12)2)13-7-8-14(19-13)16(3,4)5/h7-10,15,17H,6H2,1-5H3. The lowest BCUT2D eigenvalue weighted by molar-refractivity contribution is 0.604. The lowest BCUT2D eigenvalue weighted by Gasteiger charge is -2.18. The Labute approximate surface area is 124 Å². The average Bonchev–Trinajstić information content (AvgIpc) is 2.94. The summed E-state index contributed by atoms with van der Waals surface area (Å²) in [6.07, 6.45) is 0. The molecule has 0 aliphatic rings. The van der Waals surface area contributed by atoms with Crippen molar-refractivity contribution in [2.45, 2.75) is 46.1 Å². The van der Waals surface area contributed by atoms with E-state index in [1.807, 2.05) is 11.3 Å². The van der Waals surface area contributed by atoms with Crippen LogP contribution in [0.15, 0.2) is 22.9 Å². The molecular formula is C16H23NS2. The van der Waals surface area contributed by atoms with Gasteiger partial charge in [-0.15, -0.1) is 11.3 Å². The molecule has 2 aromatic rings. The molecule has 104 valence electrons. The van der Waals surface area contributed by atoms with Gasteiger partial charge in [0.15, 0.2) is 0 Å². The van der Waals surface area contributed by atoms with Crippen molar-refractivity contribution in [2.24, 2.45) is 0 Å². The van der Waals surface area contributed by atoms with Crippen LogP contribution in [-0.4, -0.2) is 6.54 Å². The van der Waals surface area contributed by atoms with E-state index in [4.69, 9.17) is 0 Å². The fourth-order valence-corrected chi connectivity index (χ4v) is 4.18. The van der Waals surface area contributed by atoms with Gasteiger partial charge in [0.25, 0.3) is 0 Å². The molecule has 0 fully saturated rings. The van der Waals surface area contributed by atoms with Crippen molar-refractivity contribution in [2.75, 3.05) is 6.54 Å². The van der Waals surface area contributed by atoms with Gasteiger partial charge in [-0.3, -0.25) is 0 Å². The number of rotatable bonds is 4. The van der Waals surface area contributed by atoms with Crippen LogP contribution in [0.4, 0.5) is 0 Å². The van der Waals surface area contributed by atoms with Crippen molar-refractivity contribution in [3.8, 4) is 0 Å². The molecule has 0 radical (unpaired) electrons. The van der Waals surface area contributed by atoms with E-state index in [2.05, 4.69) is 62.8 Å². The number of hydrogen-bond donors (Lipinski definition) is 1. The minimum atomic E-state index is 0.239. The molecule has 2 rings (SSSR count). The molecule has 1 nitrogen and oxygen atoms in total. The summed E-state index contributed by atoms with van der Waals surface area (Å²) >= 11 is 3.73. The number of hydrogen-bond acceptors (Lipinski definition) is 3. The zero-order chi connectivity index (χ0) is 14.0. The Balaban J connectivity index is 2.35. The predicted molar refractivity (Wildman–Crippen MR) is 87.6 cm³/mol. The third kappa shape index (κ3) is 3.28. The number of aryl methyl sites for hydroxylation is 1. The summed E-state index contributed by atoms with van der Waals surface area (Å²) in [5.41, 5.74) is 3.06. The first-order valence-electron chi connectivity index (χ1n) is 6.79. The second kappa shape index (κ2) is 5.78. The molecule has 2 aromatic heterocycles. The van der Waals surface area contributed by atoms with Crippen molar-refractivity contribution < 1.29 is 0 Å². The van der Waals surface area contributed by atoms with Gasteiger partial charge in [-0.1, -0.05) is 27.7 Å². The van der Waals surface area contributed by atoms with Crippen molar-refractivity contribution in [3.05, 3.63) is 43.8 Å². The Hall–Kier alpha value is -0.640. The first-order valence-corrected chi connectivity index (χ1v) is 8.55. The molecule has 0 aromatic carbocycles. The van der Waals surface area contributed by atoms with Gasteiger partial charge in [0.2, 0.25) is 0 Å². The average molecular weight is 294 g/mol. The summed E-state index contributed by atoms with van der Waals surface area (Å²) in [4.78, 5) is 2.88. The van der Waals surface area contributed by atoms with Crippen LogP contribution in [-0.2, 0) is 5.41 Å². The maximum absolute atomic E-state index is 3.62. The topological polar surface area (TPSA) is 12.0 Å². The van der Waals surface area contributed by atoms with E-state index in [-0.39, 0.29) is 5.41 Å². The van der Waals surface area contributed by atoms with Gasteiger partial charge in [-0.05, 0) is 52.9 Å². The molecule has 2 heterocycles. The highest BCUT2D eigenvalue weighted by Crippen LogP contribution is 2.36. The van der Waals surface area contributed by atoms with E-state index < -0.39 is 0 Å². The SMILES string of the molecule is CCNC(c1ccc(C(C)(C)C)s1)c1cscc1C. The molecule has 0 saturated heterocycles. The quantitative estimate of drug-likeness (QED) is 0.825. The summed E-state index contributed by atoms with van der Waals surface area (Å²) < 4.78 is 0. The van der Waals surface area contributed by atoms with Gasteiger partial charge in [0.05, 0.1) is 6.04 Å². The molecule has 1 unspecified atom stereocenters. The third-order valence-electron chi connectivity index (χ3n) is 3.26. The van der Waals surface area contributed by atoms with Crippen molar-refractivity contribution in [1.82, 2.24) is 5.32 Å². The van der Waals surface area contributed by atoms with Crippen molar-refractivity contribution in [3.63, 3.8) is 0 Å². The normalized spacial score (nSPS) is 13.7. The maximum atomic E-state index is 3.62. The van der Waals surface area contributed by atoms with Gasteiger partial charge >= 0.3 is 0 Å². The molecular weight excluding hydrogens is 270 g/mol. The minimum Gasteiger partial charge on any atom is -0.306 e. The largest absolute Gasteiger partial charge is 0.306 e. The van der Waals surface area contributed by atoms with Crippen LogP contribution < -0.4 is 5.32 Å². The third-order valence-corrected chi connectivity index (χ3v) is 5.72. The Morgan fingerprint density at radius 1 is 1.21 bits per heavy atom. The van der Waals surface area contributed by atoms with Gasteiger partial charge in [-0.2, -0.15) is 11.3 Å². The van der Waals surface area contributed by atoms with E-state index >= 15 is 0 Å². The first-order chi connectivity index (χ1) is 8.93. The second-order valence-electron chi connectivity index (χ2n) is 5.95. The zero-order valence-electron chi connectivity index (χ0n) is 12.4. The number of nitrogens with one attached hydrogen (secondary N) is 1. The molecule has 0 spiro atoms. The lowest BCUT2D eigenvalue weighted by atomic mass is 9.95. The molecule has 0 aliphatic heterocycles. The predicted octanol–water partition coefficient (Wildman–Crippen LogP) is 5.11. The Morgan fingerprint density at radius 3 is 2.42 bits per heavy atom. The highest BCUT2D eigenvalue weighted by atomic mass is 32.1. The molecule has 1 N–H and O–H groups in total. The van der Waals surface area contributed by atoms with Crippen molar-refractivity contribution in [1.29, 1.82) is 0 Å². The Morgan fingerprint density at radius 2 is 1.95 bits per heavy atom. The van der Waals surface area contributed by atoms with E-state index in [1.54, 1.807) is 11.3 Å². The van der Waals surface area contributed by atoms with Crippen LogP contribution in [0.25, 0.3) is 0 Å². The van der Waals surface area contributed by atoms with Gasteiger partial charge < -0.3 is 5.32 Å². The zero-order valence-corrected chi connectivity index (χ0v) is 14.0. The minimum absolute atomic E-state index is 0.239. The maximum Gasteiger partial charge on any atom is 0.0681 e. The Bertz CT molecular complexity index is 531. The van der Waals surface area contributed by atoms with Gasteiger partial charge in [-0.25, -0.2) is 0 Å². The van der Waals surface area contributed by atoms with E-state index in [0.717, 1.165) is 6.54 Å². The smallest absolute Gasteiger partial charge is 0.0681 e. The summed E-state index contributed by atoms with van der Waals surface area (Å²) in [6, 6.07) is 4.92. The molecule has 19 heavy (non-hydrogen) atoms. The Kier molecular flexibility index (Phi) is 4.49. The van der Waals surface area contributed by atoms with E-state index in [9.17, 15) is 0 Å². The summed E-state index contributed by atoms with van der Waals surface area (Å²) in [5, 5.41) is 8.13. The molecule has 3 heteroatoms. The highest BCUT2D eigenvalue weighted by Gasteiger charge is 2.21. The van der Waals surface area contributed by atoms with Crippen LogP contribution in [0.3, 0.4) is 0 Å². The molecule has 0 aliphatic carbocycles. The molecule has 0 saturated carbocycles. The van der Waals surface area contributed by atoms with Crippen LogP contribution >= 0.6 is 22.7 Å². The molecule has 1 atom stereocenters. The molecule has 0 amide bonds. The van der Waals surface area contributed by atoms with Crippen LogP contribution in [0.2, 0.25) is 0 Å². The highest BCUT2D eigenvalue weighted by molar-refractivity contribution is 7.12. The number of thiophene rings is 2. The van der Waals surface area contributed by atoms with Gasteiger partial charge in [0.1, 0.15) is 0 Å². The first kappa shape index (κ1) is 14.8. The van der Waals surface area contributed by atoms with Crippen LogP contribution in [0.1, 0.15) is 54.6 Å². The fourth-order valence-electron chi connectivity index (χ4n) is 2.15. The summed E-state index contributed by atoms with van der Waals surface area (Å²) in [5.74, 6) is 0. The fraction of sp³-hybridized carbons (Fsp3) is 0.500. The van der Waals surface area contributed by atoms with Crippen LogP contribution in [0.5, 0.6) is 0 Å². The second-order valence-corrected chi connectivity index (χ2v) is 7.81. The monoisotopic (exact) mass is 293 g/mol. The lowest BCUT2D eigenvalue weighted by Crippen LogP contribution is -2.21. The van der Waals surface area contributed by atoms with E-state index in [1.165, 1.54) is 20.9 Å². The van der Waals surface area contributed by atoms with Crippen molar-refractivity contribution >= 4 is 22.7 Å². The van der Waals surface area contributed by atoms with E-state index in [0.29, 0.717) is 6.04 Å². The van der Waals surface area contributed by atoms with Crippen LogP contribution in [0, 0.1) is 6.92 Å². The van der Waals surface area contributed by atoms with Gasteiger partial charge in [0, 0.05) is 9.75 Å².